The Bertz CT molecular complexity index is 807. The molecule has 2 aromatic rings. The number of rotatable bonds is 6. The highest BCUT2D eigenvalue weighted by atomic mass is 35.5. The molecule has 26 heavy (non-hydrogen) atoms. The molecule has 9 heteroatoms. The van der Waals surface area contributed by atoms with E-state index in [1.807, 2.05) is 0 Å². The molecule has 1 aromatic carbocycles. The predicted octanol–water partition coefficient (Wildman–Crippen LogP) is 3.59. The molecular weight excluding hydrogens is 383 g/mol. The number of aromatic nitrogens is 1. The van der Waals surface area contributed by atoms with Crippen LogP contribution in [-0.4, -0.2) is 37.2 Å². The van der Waals surface area contributed by atoms with Gasteiger partial charge in [0.1, 0.15) is 17.1 Å². The first-order chi connectivity index (χ1) is 12.4. The number of hydrogen-bond donors (Lipinski definition) is 1. The molecule has 1 aromatic heterocycles. The molecule has 1 atom stereocenters. The van der Waals surface area contributed by atoms with Gasteiger partial charge < -0.3 is 19.5 Å². The van der Waals surface area contributed by atoms with E-state index in [-0.39, 0.29) is 27.9 Å². The summed E-state index contributed by atoms with van der Waals surface area (Å²) < 4.78 is 15.5. The average Bonchev–Trinajstić information content (AvgIpc) is 2.62. The number of carbonyl (C=O) groups excluding carboxylic acids is 2. The molecule has 0 bridgehead atoms. The van der Waals surface area contributed by atoms with E-state index in [1.165, 1.54) is 33.4 Å². The smallest absolute Gasteiger partial charge is 0.346 e. The topological polar surface area (TPSA) is 86.8 Å². The van der Waals surface area contributed by atoms with Crippen molar-refractivity contribution in [1.82, 2.24) is 4.98 Å². The molecule has 138 valence electrons. The SMILES string of the molecule is COc1cccc(OC)c1C(=O)O[C@@H](C)C(=O)Nc1ncc(Cl)cc1Cl. The predicted molar refractivity (Wildman–Crippen MR) is 97.3 cm³/mol. The summed E-state index contributed by atoms with van der Waals surface area (Å²) in [5, 5.41) is 2.96. The zero-order valence-electron chi connectivity index (χ0n) is 14.2. The summed E-state index contributed by atoms with van der Waals surface area (Å²) in [5.74, 6) is -0.728. The summed E-state index contributed by atoms with van der Waals surface area (Å²) in [7, 11) is 2.83. The van der Waals surface area contributed by atoms with Crippen LogP contribution in [0, 0.1) is 0 Å². The number of methoxy groups -OCH3 is 2. The molecule has 0 radical (unpaired) electrons. The fraction of sp³-hybridized carbons (Fsp3) is 0.235. The number of halogens is 2. The van der Waals surface area contributed by atoms with Crippen LogP contribution in [0.2, 0.25) is 10.0 Å². The zero-order valence-corrected chi connectivity index (χ0v) is 15.7. The number of anilines is 1. The summed E-state index contributed by atoms with van der Waals surface area (Å²) >= 11 is 11.7. The molecular formula is C17H16Cl2N2O5. The lowest BCUT2D eigenvalue weighted by atomic mass is 10.1. The lowest BCUT2D eigenvalue weighted by Gasteiger charge is -2.16. The maximum atomic E-state index is 12.5. The van der Waals surface area contributed by atoms with Gasteiger partial charge in [-0.05, 0) is 25.1 Å². The molecule has 0 spiro atoms. The van der Waals surface area contributed by atoms with Crippen molar-refractivity contribution < 1.29 is 23.8 Å². The van der Waals surface area contributed by atoms with Crippen LogP contribution in [0.1, 0.15) is 17.3 Å². The van der Waals surface area contributed by atoms with Crippen molar-refractivity contribution in [2.45, 2.75) is 13.0 Å². The van der Waals surface area contributed by atoms with Crippen LogP contribution >= 0.6 is 23.2 Å². The summed E-state index contributed by atoms with van der Waals surface area (Å²) in [6.07, 6.45) is 0.213. The third-order valence-electron chi connectivity index (χ3n) is 3.33. The van der Waals surface area contributed by atoms with Crippen LogP contribution < -0.4 is 14.8 Å². The Morgan fingerprint density at radius 3 is 2.31 bits per heavy atom. The average molecular weight is 399 g/mol. The normalized spacial score (nSPS) is 11.4. The van der Waals surface area contributed by atoms with Crippen molar-refractivity contribution in [2.24, 2.45) is 0 Å². The number of amides is 1. The lowest BCUT2D eigenvalue weighted by molar-refractivity contribution is -0.123. The van der Waals surface area contributed by atoms with Gasteiger partial charge in [-0.25, -0.2) is 9.78 Å². The quantitative estimate of drug-likeness (QED) is 0.748. The second kappa shape index (κ2) is 8.73. The van der Waals surface area contributed by atoms with Gasteiger partial charge in [0.15, 0.2) is 11.9 Å². The Labute approximate surface area is 160 Å². The largest absolute Gasteiger partial charge is 0.496 e. The number of pyridine rings is 1. The number of esters is 1. The van der Waals surface area contributed by atoms with Crippen molar-refractivity contribution in [3.8, 4) is 11.5 Å². The molecule has 0 aliphatic heterocycles. The Morgan fingerprint density at radius 2 is 1.77 bits per heavy atom. The van der Waals surface area contributed by atoms with E-state index < -0.39 is 18.0 Å². The van der Waals surface area contributed by atoms with E-state index in [4.69, 9.17) is 37.4 Å². The molecule has 0 aliphatic carbocycles. The summed E-state index contributed by atoms with van der Waals surface area (Å²) in [4.78, 5) is 28.6. The van der Waals surface area contributed by atoms with Crippen molar-refractivity contribution in [1.29, 1.82) is 0 Å². The molecule has 1 heterocycles. The van der Waals surface area contributed by atoms with Gasteiger partial charge in [0.2, 0.25) is 0 Å². The number of hydrogen-bond acceptors (Lipinski definition) is 6. The Morgan fingerprint density at radius 1 is 1.15 bits per heavy atom. The summed E-state index contributed by atoms with van der Waals surface area (Å²) in [6, 6.07) is 6.27. The summed E-state index contributed by atoms with van der Waals surface area (Å²) in [6.45, 7) is 1.42. The first-order valence-electron chi connectivity index (χ1n) is 7.41. The van der Waals surface area contributed by atoms with Crippen molar-refractivity contribution in [3.63, 3.8) is 0 Å². The first kappa shape index (κ1) is 19.8. The molecule has 0 saturated carbocycles. The Hall–Kier alpha value is -2.51. The van der Waals surface area contributed by atoms with Gasteiger partial charge in [-0.15, -0.1) is 0 Å². The molecule has 0 unspecified atom stereocenters. The fourth-order valence-electron chi connectivity index (χ4n) is 2.05. The molecule has 0 aliphatic rings. The van der Waals surface area contributed by atoms with Gasteiger partial charge in [-0.3, -0.25) is 4.79 Å². The molecule has 0 fully saturated rings. The third-order valence-corrected chi connectivity index (χ3v) is 3.83. The monoisotopic (exact) mass is 398 g/mol. The minimum Gasteiger partial charge on any atom is -0.496 e. The van der Waals surface area contributed by atoms with Crippen LogP contribution in [-0.2, 0) is 9.53 Å². The van der Waals surface area contributed by atoms with Crippen molar-refractivity contribution in [3.05, 3.63) is 46.1 Å². The molecule has 1 amide bonds. The zero-order chi connectivity index (χ0) is 19.3. The molecule has 2 rings (SSSR count). The number of nitrogens with zero attached hydrogens (tertiary/aromatic N) is 1. The van der Waals surface area contributed by atoms with E-state index in [1.54, 1.807) is 18.2 Å². The minimum absolute atomic E-state index is 0.0831. The second-order valence-electron chi connectivity index (χ2n) is 5.06. The maximum Gasteiger partial charge on any atom is 0.346 e. The minimum atomic E-state index is -1.12. The Kier molecular flexibility index (Phi) is 6.65. The highest BCUT2D eigenvalue weighted by Crippen LogP contribution is 2.29. The van der Waals surface area contributed by atoms with Gasteiger partial charge >= 0.3 is 5.97 Å². The maximum absolute atomic E-state index is 12.5. The number of ether oxygens (including phenoxy) is 3. The molecule has 1 N–H and O–H groups in total. The second-order valence-corrected chi connectivity index (χ2v) is 5.90. The van der Waals surface area contributed by atoms with Crippen LogP contribution in [0.3, 0.4) is 0 Å². The van der Waals surface area contributed by atoms with Crippen LogP contribution in [0.15, 0.2) is 30.5 Å². The fourth-order valence-corrected chi connectivity index (χ4v) is 2.48. The van der Waals surface area contributed by atoms with Gasteiger partial charge in [0.05, 0.1) is 24.3 Å². The van der Waals surface area contributed by atoms with Gasteiger partial charge in [0, 0.05) is 6.20 Å². The summed E-state index contributed by atoms with van der Waals surface area (Å²) in [5.41, 5.74) is 0.0831. The van der Waals surface area contributed by atoms with Crippen LogP contribution in [0.4, 0.5) is 5.82 Å². The Balaban J connectivity index is 2.13. The van der Waals surface area contributed by atoms with Gasteiger partial charge in [0.25, 0.3) is 5.91 Å². The van der Waals surface area contributed by atoms with E-state index in [9.17, 15) is 9.59 Å². The molecule has 0 saturated heterocycles. The van der Waals surface area contributed by atoms with Crippen molar-refractivity contribution in [2.75, 3.05) is 19.5 Å². The third kappa shape index (κ3) is 4.56. The number of carbonyl (C=O) groups is 2. The number of benzene rings is 1. The van der Waals surface area contributed by atoms with E-state index in [0.717, 1.165) is 0 Å². The van der Waals surface area contributed by atoms with Crippen LogP contribution in [0.25, 0.3) is 0 Å². The lowest BCUT2D eigenvalue weighted by Crippen LogP contribution is -2.30. The van der Waals surface area contributed by atoms with E-state index in [2.05, 4.69) is 10.3 Å². The van der Waals surface area contributed by atoms with Crippen LogP contribution in [0.5, 0.6) is 11.5 Å². The standard InChI is InChI=1S/C17H16Cl2N2O5/c1-9(16(22)21-15-11(19)7-10(18)8-20-15)26-17(23)14-12(24-2)5-4-6-13(14)25-3/h4-9H,1-3H3,(H,20,21,22)/t9-/m0/s1. The first-order valence-corrected chi connectivity index (χ1v) is 8.16. The van der Waals surface area contributed by atoms with E-state index >= 15 is 0 Å². The highest BCUT2D eigenvalue weighted by molar-refractivity contribution is 6.36. The van der Waals surface area contributed by atoms with Crippen molar-refractivity contribution >= 4 is 40.9 Å². The van der Waals surface area contributed by atoms with E-state index in [0.29, 0.717) is 5.02 Å². The van der Waals surface area contributed by atoms with Gasteiger partial charge in [-0.1, -0.05) is 29.3 Å². The number of nitrogens with one attached hydrogen (secondary N) is 1. The van der Waals surface area contributed by atoms with Gasteiger partial charge in [-0.2, -0.15) is 0 Å². The highest BCUT2D eigenvalue weighted by Gasteiger charge is 2.25. The molecule has 7 nitrogen and oxygen atoms in total.